The van der Waals surface area contributed by atoms with Gasteiger partial charge in [-0.3, -0.25) is 0 Å². The fourth-order valence-electron chi connectivity index (χ4n) is 11.1. The van der Waals surface area contributed by atoms with Crippen molar-refractivity contribution in [3.63, 3.8) is 0 Å². The van der Waals surface area contributed by atoms with Crippen molar-refractivity contribution in [1.82, 2.24) is 0 Å². The molecule has 0 aliphatic carbocycles. The van der Waals surface area contributed by atoms with Gasteiger partial charge in [0.2, 0.25) is 6.71 Å². The van der Waals surface area contributed by atoms with Crippen molar-refractivity contribution >= 4 is 138 Å². The van der Waals surface area contributed by atoms with E-state index in [1.807, 2.05) is 0 Å². The minimum Gasteiger partial charge on any atom is -0.311 e. The third-order valence-electron chi connectivity index (χ3n) is 14.2. The van der Waals surface area contributed by atoms with E-state index in [0.717, 1.165) is 38.2 Å². The Morgan fingerprint density at radius 3 is 1.43 bits per heavy atom. The standard InChI is InChI=1S/C72H48B2N4S2/c1-7-25-49(26-8-1)57-37-19-22-40-62(57)78-64-48-68-61(74-59-39-21-24-42-67(59)79-69-45-56(46-70(80-68)72(69)74)76(52-31-13-4-14-32-52)53-33-15-5-16-34-53)47-60(64)73-58-38-20-23-41-63(58)77(54-35-17-6-18-36-54)65-43-55(44-66(78)71(65)73)75(50-27-9-2-10-28-50)51-29-11-3-12-30-51/h1-48H/i2D,3D,4D,5D,6D,9D,10D,11D,12D,13D,14D,15D,16D,17D,18D,20D,21D,23D,24D,27D,28D,29D,30D,31D,32D,33D,34D,35D,36D,38D,39D,41D,42D. The lowest BCUT2D eigenvalue weighted by molar-refractivity contribution is 1.22. The van der Waals surface area contributed by atoms with E-state index in [1.165, 1.54) is 24.3 Å². The number of rotatable bonds is 9. The van der Waals surface area contributed by atoms with Crippen molar-refractivity contribution in [3.8, 4) is 11.1 Å². The molecule has 0 saturated heterocycles. The second kappa shape index (κ2) is 19.2. The SMILES string of the molecule is [2H]c1c([2H])c([2H])c(N(c2cc3c4c(c2)Sc2c([2H])c([2H])c([2H])c([2H])c2B4c2cc4c(cc2S3)N(c2ccccc2-c2ccccc2)c2cc(N(c3c([2H])c([2H])c([2H])c([2H])c3[2H])c3c([2H])c([2H])c([2H])c([2H])c3[2H])cc3c2B4c2c([2H])c([2H])c([2H])c([2H])c2N3c2c([2H])c([2H])c([2H])c([2H])c2[2H])c2c([2H])c([2H])c([2H])c([2H])c2[2H])c([2H])c1[2H]. The molecule has 0 fully saturated rings. The van der Waals surface area contributed by atoms with Gasteiger partial charge in [-0.1, -0.05) is 216 Å². The van der Waals surface area contributed by atoms with E-state index in [0.29, 0.717) is 16.6 Å². The molecule has 0 amide bonds. The average Bonchev–Trinajstić information content (AvgIpc) is 0.677. The summed E-state index contributed by atoms with van der Waals surface area (Å²) in [6.07, 6.45) is 0. The van der Waals surface area contributed by atoms with Crippen molar-refractivity contribution in [1.29, 1.82) is 0 Å². The van der Waals surface area contributed by atoms with E-state index in [2.05, 4.69) is 0 Å². The van der Waals surface area contributed by atoms with Crippen LogP contribution in [-0.4, -0.2) is 13.4 Å². The average molecular weight is 1090 g/mol. The molecule has 4 heterocycles. The molecule has 4 aliphatic rings. The molecule has 0 atom stereocenters. The summed E-state index contributed by atoms with van der Waals surface area (Å²) in [5, 5.41) is 0. The summed E-state index contributed by atoms with van der Waals surface area (Å²) in [5.74, 6) is 0. The van der Waals surface area contributed by atoms with Gasteiger partial charge in [0.1, 0.15) is 0 Å². The van der Waals surface area contributed by atoms with Crippen LogP contribution in [0, 0.1) is 0 Å². The maximum Gasteiger partial charge on any atom is 0.252 e. The summed E-state index contributed by atoms with van der Waals surface area (Å²) in [6, 6.07) is -3.70. The molecular weight excluding hydrogens is 1010 g/mol. The molecule has 0 spiro atoms. The second-order valence-electron chi connectivity index (χ2n) is 18.4. The highest BCUT2D eigenvalue weighted by Gasteiger charge is 2.47. The molecule has 4 aliphatic heterocycles. The number of hydrogen-bond acceptors (Lipinski definition) is 6. The predicted molar refractivity (Wildman–Crippen MR) is 341 cm³/mol. The maximum absolute atomic E-state index is 10.3. The summed E-state index contributed by atoms with van der Waals surface area (Å²) in [4.78, 5) is 5.12. The number of fused-ring (bicyclic) bond motifs is 8. The third kappa shape index (κ3) is 7.58. The predicted octanol–water partition coefficient (Wildman–Crippen LogP) is 15.8. The molecule has 12 aromatic carbocycles. The van der Waals surface area contributed by atoms with Gasteiger partial charge in [-0.25, -0.2) is 0 Å². The summed E-state index contributed by atoms with van der Waals surface area (Å²) >= 11 is 1.88. The van der Waals surface area contributed by atoms with E-state index in [9.17, 15) is 26.0 Å². The number of nitrogens with zero attached hydrogens (tertiary/aromatic N) is 4. The van der Waals surface area contributed by atoms with Crippen LogP contribution in [0.15, 0.2) is 310 Å². The Bertz CT molecular complexity index is 6110. The van der Waals surface area contributed by atoms with Crippen LogP contribution in [0.5, 0.6) is 0 Å². The molecule has 0 radical (unpaired) electrons. The summed E-state index contributed by atoms with van der Waals surface area (Å²) in [6.45, 7) is -2.89. The Morgan fingerprint density at radius 1 is 0.312 bits per heavy atom. The first-order valence-corrected chi connectivity index (χ1v) is 26.3. The maximum atomic E-state index is 10.3. The van der Waals surface area contributed by atoms with Crippen LogP contribution in [0.4, 0.5) is 68.2 Å². The van der Waals surface area contributed by atoms with Gasteiger partial charge in [-0.05, 0) is 136 Å². The van der Waals surface area contributed by atoms with Crippen LogP contribution < -0.4 is 52.4 Å². The van der Waals surface area contributed by atoms with E-state index >= 15 is 0 Å². The summed E-state index contributed by atoms with van der Waals surface area (Å²) in [7, 11) is 0. The lowest BCUT2D eigenvalue weighted by Gasteiger charge is -2.46. The Hall–Kier alpha value is -9.33. The highest BCUT2D eigenvalue weighted by molar-refractivity contribution is 8.01. The van der Waals surface area contributed by atoms with Crippen molar-refractivity contribution in [3.05, 3.63) is 290 Å². The van der Waals surface area contributed by atoms with Crippen LogP contribution >= 0.6 is 23.5 Å². The Labute approximate surface area is 522 Å². The zero-order chi connectivity index (χ0) is 81.4. The van der Waals surface area contributed by atoms with Crippen LogP contribution in [0.1, 0.15) is 45.2 Å². The second-order valence-corrected chi connectivity index (χ2v) is 20.5. The minimum atomic E-state index is -1.58. The van der Waals surface area contributed by atoms with E-state index in [-0.39, 0.29) is 75.3 Å². The molecule has 0 aromatic heterocycles. The molecule has 16 rings (SSSR count). The normalized spacial score (nSPS) is 18.8. The van der Waals surface area contributed by atoms with Crippen LogP contribution in [0.3, 0.4) is 0 Å². The Kier molecular flexibility index (Phi) is 5.86. The first-order valence-electron chi connectivity index (χ1n) is 41.2. The molecule has 374 valence electrons. The van der Waals surface area contributed by atoms with Crippen LogP contribution in [-0.2, 0) is 0 Å². The first kappa shape index (κ1) is 24.4. The summed E-state index contributed by atoms with van der Waals surface area (Å²) < 4.78 is 307. The van der Waals surface area contributed by atoms with Gasteiger partial charge in [0, 0.05) is 82.0 Å². The van der Waals surface area contributed by atoms with Crippen molar-refractivity contribution in [2.75, 3.05) is 19.6 Å². The van der Waals surface area contributed by atoms with Gasteiger partial charge in [-0.15, -0.1) is 0 Å². The third-order valence-corrected chi connectivity index (χ3v) is 16.4. The van der Waals surface area contributed by atoms with E-state index in [4.69, 9.17) is 19.2 Å². The number of benzene rings is 12. The molecule has 12 aromatic rings. The first-order chi connectivity index (χ1) is 53.4. The van der Waals surface area contributed by atoms with Crippen molar-refractivity contribution < 1.29 is 45.2 Å². The number of para-hydroxylation sites is 7. The van der Waals surface area contributed by atoms with E-state index in [1.54, 1.807) is 71.6 Å². The van der Waals surface area contributed by atoms with Crippen LogP contribution in [0.2, 0.25) is 0 Å². The lowest BCUT2D eigenvalue weighted by Crippen LogP contribution is -2.64. The topological polar surface area (TPSA) is 13.0 Å². The number of hydrogen-bond donors (Lipinski definition) is 0. The zero-order valence-electron chi connectivity index (χ0n) is 73.9. The van der Waals surface area contributed by atoms with Gasteiger partial charge >= 0.3 is 0 Å². The molecule has 0 bridgehead atoms. The highest BCUT2D eigenvalue weighted by atomic mass is 32.2. The van der Waals surface area contributed by atoms with Gasteiger partial charge < -0.3 is 19.6 Å². The Balaban J connectivity index is 1.10. The van der Waals surface area contributed by atoms with Crippen molar-refractivity contribution in [2.45, 2.75) is 19.6 Å². The van der Waals surface area contributed by atoms with Crippen LogP contribution in [0.25, 0.3) is 11.1 Å². The monoisotopic (exact) mass is 1090 g/mol. The fraction of sp³-hybridized carbons (Fsp3) is 0. The van der Waals surface area contributed by atoms with E-state index < -0.39 is 253 Å². The molecule has 8 heteroatoms. The smallest absolute Gasteiger partial charge is 0.252 e. The molecule has 80 heavy (non-hydrogen) atoms. The molecule has 4 nitrogen and oxygen atoms in total. The minimum absolute atomic E-state index is 0.00780. The quantitative estimate of drug-likeness (QED) is 0.133. The molecular formula is C72H48B2N4S2. The largest absolute Gasteiger partial charge is 0.311 e. The zero-order valence-corrected chi connectivity index (χ0v) is 42.6. The van der Waals surface area contributed by atoms with Gasteiger partial charge in [0.05, 0.1) is 56.6 Å². The van der Waals surface area contributed by atoms with Gasteiger partial charge in [-0.2, -0.15) is 0 Å². The lowest BCUT2D eigenvalue weighted by atomic mass is 9.31. The molecule has 0 saturated carbocycles. The number of anilines is 12. The fourth-order valence-corrected chi connectivity index (χ4v) is 13.5. The van der Waals surface area contributed by atoms with Gasteiger partial charge in [0.15, 0.2) is 0 Å². The highest BCUT2D eigenvalue weighted by Crippen LogP contribution is 2.51. The van der Waals surface area contributed by atoms with Gasteiger partial charge in [0.25, 0.3) is 6.71 Å². The molecule has 0 N–H and O–H groups in total. The van der Waals surface area contributed by atoms with Crippen molar-refractivity contribution in [2.24, 2.45) is 0 Å². The molecule has 0 unspecified atom stereocenters. The summed E-state index contributed by atoms with van der Waals surface area (Å²) in [5.41, 5.74) is -3.29. The Morgan fingerprint density at radius 2 is 0.800 bits per heavy atom.